The maximum Gasteiger partial charge on any atom is 0.191 e. The first-order chi connectivity index (χ1) is 11.4. The van der Waals surface area contributed by atoms with Crippen molar-refractivity contribution in [3.63, 3.8) is 0 Å². The van der Waals surface area contributed by atoms with Gasteiger partial charge in [0.25, 0.3) is 0 Å². The Morgan fingerprint density at radius 3 is 2.50 bits per heavy atom. The van der Waals surface area contributed by atoms with Crippen molar-refractivity contribution >= 4 is 5.96 Å². The SMILES string of the molecule is CCNC(=NCc1ccccc1)NCC(C)(O)c1cc(C)oc1C. The Balaban J connectivity index is 2.03. The quantitative estimate of drug-likeness (QED) is 0.563. The van der Waals surface area contributed by atoms with Crippen LogP contribution >= 0.6 is 0 Å². The first-order valence-corrected chi connectivity index (χ1v) is 8.28. The number of guanidine groups is 1. The average molecular weight is 329 g/mol. The van der Waals surface area contributed by atoms with Gasteiger partial charge in [0.15, 0.2) is 5.96 Å². The number of hydrogen-bond acceptors (Lipinski definition) is 3. The molecule has 0 amide bonds. The van der Waals surface area contributed by atoms with Crippen LogP contribution in [-0.4, -0.2) is 24.2 Å². The van der Waals surface area contributed by atoms with E-state index in [4.69, 9.17) is 4.42 Å². The Bertz CT molecular complexity index is 675. The number of furan rings is 1. The molecule has 5 heteroatoms. The summed E-state index contributed by atoms with van der Waals surface area (Å²) in [5.74, 6) is 2.22. The molecule has 3 N–H and O–H groups in total. The highest BCUT2D eigenvalue weighted by atomic mass is 16.3. The second-order valence-electron chi connectivity index (χ2n) is 6.14. The molecule has 1 heterocycles. The third kappa shape index (κ3) is 4.86. The van der Waals surface area contributed by atoms with Crippen LogP contribution in [0.25, 0.3) is 0 Å². The summed E-state index contributed by atoms with van der Waals surface area (Å²) in [5, 5.41) is 17.2. The predicted molar refractivity (Wildman–Crippen MR) is 97.0 cm³/mol. The maximum absolute atomic E-state index is 10.8. The average Bonchev–Trinajstić information content (AvgIpc) is 2.90. The Labute approximate surface area is 143 Å². The normalized spacial score (nSPS) is 14.3. The first-order valence-electron chi connectivity index (χ1n) is 8.28. The molecular formula is C19H27N3O2. The third-order valence-electron chi connectivity index (χ3n) is 3.83. The summed E-state index contributed by atoms with van der Waals surface area (Å²) < 4.78 is 5.53. The minimum atomic E-state index is -1.04. The molecule has 0 radical (unpaired) electrons. The Kier molecular flexibility index (Phi) is 6.04. The second kappa shape index (κ2) is 8.02. The molecule has 130 valence electrons. The van der Waals surface area contributed by atoms with E-state index in [0.717, 1.165) is 29.2 Å². The topological polar surface area (TPSA) is 69.8 Å². The third-order valence-corrected chi connectivity index (χ3v) is 3.83. The summed E-state index contributed by atoms with van der Waals surface area (Å²) in [7, 11) is 0. The van der Waals surface area contributed by atoms with Gasteiger partial charge in [0.2, 0.25) is 0 Å². The van der Waals surface area contributed by atoms with Crippen LogP contribution in [0.1, 0.15) is 36.5 Å². The number of hydrogen-bond donors (Lipinski definition) is 3. The molecule has 0 fully saturated rings. The number of nitrogens with one attached hydrogen (secondary N) is 2. The van der Waals surface area contributed by atoms with E-state index in [9.17, 15) is 5.11 Å². The van der Waals surface area contributed by atoms with E-state index in [1.165, 1.54) is 0 Å². The molecule has 0 aliphatic heterocycles. The van der Waals surface area contributed by atoms with Crippen LogP contribution in [0.3, 0.4) is 0 Å². The second-order valence-corrected chi connectivity index (χ2v) is 6.14. The lowest BCUT2D eigenvalue weighted by molar-refractivity contribution is 0.0601. The number of rotatable bonds is 6. The van der Waals surface area contributed by atoms with Gasteiger partial charge in [0.05, 0.1) is 13.1 Å². The minimum Gasteiger partial charge on any atom is -0.466 e. The maximum atomic E-state index is 10.8. The summed E-state index contributed by atoms with van der Waals surface area (Å²) in [5.41, 5.74) is 0.902. The van der Waals surface area contributed by atoms with Gasteiger partial charge >= 0.3 is 0 Å². The highest BCUT2D eigenvalue weighted by Gasteiger charge is 2.27. The lowest BCUT2D eigenvalue weighted by atomic mass is 9.96. The van der Waals surface area contributed by atoms with E-state index in [1.807, 2.05) is 57.2 Å². The number of aliphatic imine (C=N–C) groups is 1. The molecule has 1 aromatic heterocycles. The summed E-state index contributed by atoms with van der Waals surface area (Å²) in [6, 6.07) is 12.0. The zero-order valence-corrected chi connectivity index (χ0v) is 14.9. The van der Waals surface area contributed by atoms with Gasteiger partial charge < -0.3 is 20.2 Å². The molecule has 24 heavy (non-hydrogen) atoms. The molecule has 5 nitrogen and oxygen atoms in total. The minimum absolute atomic E-state index is 0.341. The number of aryl methyl sites for hydroxylation is 2. The van der Waals surface area contributed by atoms with Crippen LogP contribution < -0.4 is 10.6 Å². The molecule has 0 spiro atoms. The summed E-state index contributed by atoms with van der Waals surface area (Å²) >= 11 is 0. The number of nitrogens with zero attached hydrogens (tertiary/aromatic N) is 1. The molecule has 0 aliphatic carbocycles. The van der Waals surface area contributed by atoms with Crippen LogP contribution in [0.2, 0.25) is 0 Å². The van der Waals surface area contributed by atoms with Crippen LogP contribution in [-0.2, 0) is 12.1 Å². The van der Waals surface area contributed by atoms with E-state index in [1.54, 1.807) is 6.92 Å². The van der Waals surface area contributed by atoms with Crippen molar-refractivity contribution in [2.45, 2.75) is 39.8 Å². The van der Waals surface area contributed by atoms with Crippen molar-refractivity contribution < 1.29 is 9.52 Å². The number of aliphatic hydroxyl groups is 1. The monoisotopic (exact) mass is 329 g/mol. The fourth-order valence-corrected chi connectivity index (χ4v) is 2.61. The zero-order chi connectivity index (χ0) is 17.6. The van der Waals surface area contributed by atoms with Crippen LogP contribution in [0.4, 0.5) is 0 Å². The number of benzene rings is 1. The van der Waals surface area contributed by atoms with E-state index < -0.39 is 5.60 Å². The van der Waals surface area contributed by atoms with Gasteiger partial charge in [-0.05, 0) is 39.3 Å². The van der Waals surface area contributed by atoms with Crippen LogP contribution in [0, 0.1) is 13.8 Å². The lowest BCUT2D eigenvalue weighted by Gasteiger charge is -2.24. The highest BCUT2D eigenvalue weighted by molar-refractivity contribution is 5.79. The van der Waals surface area contributed by atoms with Gasteiger partial charge in [0.1, 0.15) is 17.1 Å². The van der Waals surface area contributed by atoms with Crippen molar-refractivity contribution in [1.82, 2.24) is 10.6 Å². The van der Waals surface area contributed by atoms with Crippen molar-refractivity contribution in [2.24, 2.45) is 4.99 Å². The van der Waals surface area contributed by atoms with Crippen LogP contribution in [0.15, 0.2) is 45.8 Å². The predicted octanol–water partition coefficient (Wildman–Crippen LogP) is 2.86. The molecule has 0 bridgehead atoms. The fourth-order valence-electron chi connectivity index (χ4n) is 2.61. The van der Waals surface area contributed by atoms with Crippen molar-refractivity contribution in [3.8, 4) is 0 Å². The molecule has 1 atom stereocenters. The van der Waals surface area contributed by atoms with Gasteiger partial charge in [-0.25, -0.2) is 4.99 Å². The van der Waals surface area contributed by atoms with Gasteiger partial charge in [-0.3, -0.25) is 0 Å². The highest BCUT2D eigenvalue weighted by Crippen LogP contribution is 2.26. The van der Waals surface area contributed by atoms with Gasteiger partial charge in [-0.2, -0.15) is 0 Å². The lowest BCUT2D eigenvalue weighted by Crippen LogP contribution is -2.44. The van der Waals surface area contributed by atoms with E-state index in [2.05, 4.69) is 15.6 Å². The molecule has 0 saturated heterocycles. The molecule has 2 rings (SSSR count). The summed E-state index contributed by atoms with van der Waals surface area (Å²) in [6.07, 6.45) is 0. The Morgan fingerprint density at radius 1 is 1.21 bits per heavy atom. The van der Waals surface area contributed by atoms with Crippen molar-refractivity contribution in [1.29, 1.82) is 0 Å². The molecule has 0 aliphatic rings. The largest absolute Gasteiger partial charge is 0.466 e. The Morgan fingerprint density at radius 2 is 1.92 bits per heavy atom. The van der Waals surface area contributed by atoms with E-state index in [-0.39, 0.29) is 0 Å². The molecule has 0 saturated carbocycles. The summed E-state index contributed by atoms with van der Waals surface area (Å²) in [6.45, 7) is 9.22. The molecular weight excluding hydrogens is 302 g/mol. The zero-order valence-electron chi connectivity index (χ0n) is 14.9. The van der Waals surface area contributed by atoms with E-state index in [0.29, 0.717) is 19.0 Å². The van der Waals surface area contributed by atoms with Gasteiger partial charge in [0, 0.05) is 12.1 Å². The fraction of sp³-hybridized carbons (Fsp3) is 0.421. The first kappa shape index (κ1) is 18.1. The van der Waals surface area contributed by atoms with Crippen molar-refractivity contribution in [2.75, 3.05) is 13.1 Å². The summed E-state index contributed by atoms with van der Waals surface area (Å²) in [4.78, 5) is 4.57. The molecule has 1 aromatic carbocycles. The van der Waals surface area contributed by atoms with Crippen molar-refractivity contribution in [3.05, 3.63) is 59.0 Å². The van der Waals surface area contributed by atoms with Gasteiger partial charge in [-0.15, -0.1) is 0 Å². The standard InChI is InChI=1S/C19H27N3O2/c1-5-20-18(21-12-16-9-7-6-8-10-16)22-13-19(4,23)17-11-14(2)24-15(17)3/h6-11,23H,5,12-13H2,1-4H3,(H2,20,21,22). The Hall–Kier alpha value is -2.27. The smallest absolute Gasteiger partial charge is 0.191 e. The van der Waals surface area contributed by atoms with Gasteiger partial charge in [-0.1, -0.05) is 30.3 Å². The molecule has 1 unspecified atom stereocenters. The van der Waals surface area contributed by atoms with Crippen LogP contribution in [0.5, 0.6) is 0 Å². The molecule has 2 aromatic rings. The van der Waals surface area contributed by atoms with E-state index >= 15 is 0 Å².